The van der Waals surface area contributed by atoms with Crippen LogP contribution in [0.25, 0.3) is 0 Å². The largest absolute Gasteiger partial charge is 0.493 e. The molecule has 0 aliphatic heterocycles. The van der Waals surface area contributed by atoms with Gasteiger partial charge >= 0.3 is 0 Å². The lowest BCUT2D eigenvalue weighted by molar-refractivity contribution is 0.358. The normalized spacial score (nSPS) is 15.5. The van der Waals surface area contributed by atoms with Gasteiger partial charge < -0.3 is 9.47 Å². The highest BCUT2D eigenvalue weighted by molar-refractivity contribution is 6.91. The molecule has 22 heavy (non-hydrogen) atoms. The summed E-state index contributed by atoms with van der Waals surface area (Å²) >= 11 is 0. The number of hydrogen-bond acceptors (Lipinski definition) is 2. The van der Waals surface area contributed by atoms with Crippen LogP contribution in [-0.4, -0.2) is 30.4 Å². The minimum Gasteiger partial charge on any atom is -0.493 e. The third kappa shape index (κ3) is 3.00. The van der Waals surface area contributed by atoms with Crippen LogP contribution in [0.15, 0.2) is 0 Å². The lowest BCUT2D eigenvalue weighted by Crippen LogP contribution is -2.49. The van der Waals surface area contributed by atoms with E-state index in [1.54, 1.807) is 11.1 Å². The van der Waals surface area contributed by atoms with Gasteiger partial charge in [-0.05, 0) is 47.2 Å². The zero-order chi connectivity index (χ0) is 16.7. The van der Waals surface area contributed by atoms with Crippen LogP contribution in [0.2, 0.25) is 39.3 Å². The molecule has 0 atom stereocenters. The first kappa shape index (κ1) is 17.6. The molecule has 0 amide bonds. The Morgan fingerprint density at radius 1 is 0.636 bits per heavy atom. The number of fused-ring (bicyclic) bond motifs is 1. The molecule has 0 saturated carbocycles. The molecule has 0 radical (unpaired) electrons. The summed E-state index contributed by atoms with van der Waals surface area (Å²) in [6.07, 6.45) is 5.05. The summed E-state index contributed by atoms with van der Waals surface area (Å²) in [6, 6.07) is 0. The third-order valence-corrected chi connectivity index (χ3v) is 8.70. The van der Waals surface area contributed by atoms with Crippen LogP contribution in [-0.2, 0) is 12.8 Å². The molecule has 2 nitrogen and oxygen atoms in total. The quantitative estimate of drug-likeness (QED) is 0.781. The molecule has 1 aromatic carbocycles. The van der Waals surface area contributed by atoms with E-state index in [9.17, 15) is 0 Å². The van der Waals surface area contributed by atoms with E-state index in [0.717, 1.165) is 11.5 Å². The average Bonchev–Trinajstić information content (AvgIpc) is 2.41. The van der Waals surface area contributed by atoms with Crippen LogP contribution in [0.3, 0.4) is 0 Å². The molecule has 124 valence electrons. The molecule has 1 aliphatic rings. The maximum absolute atomic E-state index is 5.93. The standard InChI is InChI=1S/C18H32O2Si2/c1-19-15-16(20-2)18(22(6,7)8)14-12-10-9-11-13(14)17(15)21(3,4)5/h9-12H2,1-8H3. The first-order chi connectivity index (χ1) is 10.1. The van der Waals surface area contributed by atoms with E-state index < -0.39 is 16.1 Å². The molecule has 4 heteroatoms. The van der Waals surface area contributed by atoms with E-state index in [4.69, 9.17) is 9.47 Å². The summed E-state index contributed by atoms with van der Waals surface area (Å²) in [5.74, 6) is 2.08. The van der Waals surface area contributed by atoms with Crippen molar-refractivity contribution in [3.63, 3.8) is 0 Å². The van der Waals surface area contributed by atoms with Crippen LogP contribution in [0.5, 0.6) is 11.5 Å². The number of ether oxygens (including phenoxy) is 2. The Balaban J connectivity index is 2.94. The molecular formula is C18H32O2Si2. The van der Waals surface area contributed by atoms with Crippen molar-refractivity contribution in [1.29, 1.82) is 0 Å². The fraction of sp³-hybridized carbons (Fsp3) is 0.667. The summed E-state index contributed by atoms with van der Waals surface area (Å²) in [4.78, 5) is 0. The number of benzene rings is 1. The Kier molecular flexibility index (Phi) is 4.83. The molecule has 0 spiro atoms. The van der Waals surface area contributed by atoms with Crippen molar-refractivity contribution in [2.24, 2.45) is 0 Å². The van der Waals surface area contributed by atoms with Crippen molar-refractivity contribution in [3.8, 4) is 11.5 Å². The summed E-state index contributed by atoms with van der Waals surface area (Å²) < 4.78 is 11.9. The van der Waals surface area contributed by atoms with Crippen LogP contribution >= 0.6 is 0 Å². The summed E-state index contributed by atoms with van der Waals surface area (Å²) in [7, 11) is 0.626. The number of hydrogen-bond donors (Lipinski definition) is 0. The van der Waals surface area contributed by atoms with Gasteiger partial charge in [0, 0.05) is 0 Å². The van der Waals surface area contributed by atoms with Gasteiger partial charge in [0.15, 0.2) is 11.5 Å². The average molecular weight is 337 g/mol. The molecule has 0 heterocycles. The molecule has 0 aromatic heterocycles. The van der Waals surface area contributed by atoms with Gasteiger partial charge in [0.2, 0.25) is 0 Å². The SMILES string of the molecule is COc1c(OC)c([Si](C)(C)C)c2c(c1[Si](C)(C)C)CCCC2. The fourth-order valence-electron chi connectivity index (χ4n) is 3.93. The van der Waals surface area contributed by atoms with E-state index in [-0.39, 0.29) is 0 Å². The smallest absolute Gasteiger partial charge is 0.160 e. The minimum atomic E-state index is -1.50. The predicted molar refractivity (Wildman–Crippen MR) is 102 cm³/mol. The van der Waals surface area contributed by atoms with Crippen LogP contribution in [0.1, 0.15) is 24.0 Å². The molecule has 0 unspecified atom stereocenters. The van der Waals surface area contributed by atoms with Crippen molar-refractivity contribution in [2.45, 2.75) is 65.0 Å². The lowest BCUT2D eigenvalue weighted by Gasteiger charge is -2.35. The van der Waals surface area contributed by atoms with Crippen LogP contribution in [0, 0.1) is 0 Å². The van der Waals surface area contributed by atoms with Crippen molar-refractivity contribution in [1.82, 2.24) is 0 Å². The topological polar surface area (TPSA) is 18.5 Å². The molecule has 0 N–H and O–H groups in total. The van der Waals surface area contributed by atoms with Crippen LogP contribution < -0.4 is 19.8 Å². The van der Waals surface area contributed by atoms with Crippen molar-refractivity contribution in [3.05, 3.63) is 11.1 Å². The summed E-state index contributed by atoms with van der Waals surface area (Å²) in [5.41, 5.74) is 3.22. The Hall–Kier alpha value is -0.746. The second-order valence-corrected chi connectivity index (χ2v) is 18.5. The maximum atomic E-state index is 5.93. The highest BCUT2D eigenvalue weighted by Crippen LogP contribution is 2.35. The first-order valence-electron chi connectivity index (χ1n) is 8.43. The highest BCUT2D eigenvalue weighted by atomic mass is 28.3. The predicted octanol–water partition coefficient (Wildman–Crippen LogP) is 3.67. The molecule has 0 saturated heterocycles. The molecule has 0 bridgehead atoms. The number of methoxy groups -OCH3 is 2. The maximum Gasteiger partial charge on any atom is 0.160 e. The van der Waals surface area contributed by atoms with E-state index >= 15 is 0 Å². The molecule has 1 aliphatic carbocycles. The zero-order valence-corrected chi connectivity index (χ0v) is 17.6. The van der Waals surface area contributed by atoms with Crippen LogP contribution in [0.4, 0.5) is 0 Å². The molecular weight excluding hydrogens is 304 g/mol. The monoisotopic (exact) mass is 336 g/mol. The van der Waals surface area contributed by atoms with E-state index in [0.29, 0.717) is 0 Å². The van der Waals surface area contributed by atoms with Gasteiger partial charge in [0.25, 0.3) is 0 Å². The summed E-state index contributed by atoms with van der Waals surface area (Å²) in [6.45, 7) is 14.5. The van der Waals surface area contributed by atoms with E-state index in [1.165, 1.54) is 36.1 Å². The van der Waals surface area contributed by atoms with Gasteiger partial charge in [-0.2, -0.15) is 0 Å². The molecule has 2 rings (SSSR count). The Morgan fingerprint density at radius 3 is 1.18 bits per heavy atom. The van der Waals surface area contributed by atoms with Gasteiger partial charge in [-0.1, -0.05) is 39.3 Å². The third-order valence-electron chi connectivity index (χ3n) is 4.64. The Labute approximate surface area is 138 Å². The zero-order valence-electron chi connectivity index (χ0n) is 15.6. The highest BCUT2D eigenvalue weighted by Gasteiger charge is 2.36. The van der Waals surface area contributed by atoms with Gasteiger partial charge in [-0.25, -0.2) is 0 Å². The van der Waals surface area contributed by atoms with E-state index in [2.05, 4.69) is 39.3 Å². The molecule has 1 aromatic rings. The lowest BCUT2D eigenvalue weighted by atomic mass is 9.91. The van der Waals surface area contributed by atoms with Crippen molar-refractivity contribution >= 4 is 26.5 Å². The second kappa shape index (κ2) is 6.04. The van der Waals surface area contributed by atoms with Crippen molar-refractivity contribution < 1.29 is 9.47 Å². The first-order valence-corrected chi connectivity index (χ1v) is 15.4. The van der Waals surface area contributed by atoms with Gasteiger partial charge in [-0.3, -0.25) is 0 Å². The van der Waals surface area contributed by atoms with E-state index in [1.807, 2.05) is 14.2 Å². The van der Waals surface area contributed by atoms with Gasteiger partial charge in [-0.15, -0.1) is 0 Å². The molecule has 0 fully saturated rings. The fourth-order valence-corrected chi connectivity index (χ4v) is 8.09. The Bertz CT molecular complexity index is 498. The van der Waals surface area contributed by atoms with Gasteiger partial charge in [0.1, 0.15) is 0 Å². The minimum absolute atomic E-state index is 1.04. The second-order valence-electron chi connectivity index (χ2n) is 8.48. The Morgan fingerprint density at radius 2 is 0.955 bits per heavy atom. The number of rotatable bonds is 4. The van der Waals surface area contributed by atoms with Crippen molar-refractivity contribution in [2.75, 3.05) is 14.2 Å². The van der Waals surface area contributed by atoms with Gasteiger partial charge in [0.05, 0.1) is 30.4 Å². The summed E-state index contributed by atoms with van der Waals surface area (Å²) in [5, 5.41) is 3.01.